The van der Waals surface area contributed by atoms with Crippen molar-refractivity contribution in [3.05, 3.63) is 48.1 Å². The van der Waals surface area contributed by atoms with Gasteiger partial charge in [-0.3, -0.25) is 6.58 Å². The second-order valence-corrected chi connectivity index (χ2v) is 6.16. The molecule has 0 aliphatic carbocycles. The molecule has 0 saturated carbocycles. The van der Waals surface area contributed by atoms with E-state index in [0.29, 0.717) is 0 Å². The second kappa shape index (κ2) is 35.6. The molecule has 0 heterocycles. The third-order valence-corrected chi connectivity index (χ3v) is 1.01. The molecule has 0 spiro atoms. The van der Waals surface area contributed by atoms with Crippen LogP contribution in [0.5, 0.6) is 0 Å². The molecule has 0 aromatic heterocycles. The van der Waals surface area contributed by atoms with Crippen molar-refractivity contribution in [3.63, 3.8) is 0 Å². The zero-order valence-electron chi connectivity index (χ0n) is 18.9. The van der Waals surface area contributed by atoms with Crippen LogP contribution in [0.1, 0.15) is 76.2 Å². The van der Waals surface area contributed by atoms with E-state index in [4.69, 9.17) is 6.58 Å². The van der Waals surface area contributed by atoms with Crippen LogP contribution in [0.3, 0.4) is 0 Å². The Kier molecular flexibility index (Phi) is 55.2. The second-order valence-electron chi connectivity index (χ2n) is 6.16. The molecule has 0 radical (unpaired) electrons. The van der Waals surface area contributed by atoms with E-state index >= 15 is 0 Å². The van der Waals surface area contributed by atoms with Gasteiger partial charge in [0.1, 0.15) is 0 Å². The van der Waals surface area contributed by atoms with E-state index in [-0.39, 0.29) is 21.7 Å². The molecule has 26 heavy (non-hydrogen) atoms. The molecule has 0 rings (SSSR count). The first kappa shape index (κ1) is 40.3. The molecule has 0 bridgehead atoms. The number of hydrogen-bond acceptors (Lipinski definition) is 3. The predicted molar refractivity (Wildman–Crippen MR) is 108 cm³/mol. The monoisotopic (exact) mass is 402 g/mol. The Hall–Kier alpha value is -0.446. The Morgan fingerprint density at radius 2 is 0.885 bits per heavy atom. The van der Waals surface area contributed by atoms with Crippen molar-refractivity contribution in [2.24, 2.45) is 0 Å². The molecule has 0 fully saturated rings. The van der Waals surface area contributed by atoms with Gasteiger partial charge in [0.25, 0.3) is 0 Å². The van der Waals surface area contributed by atoms with Gasteiger partial charge < -0.3 is 15.3 Å². The van der Waals surface area contributed by atoms with E-state index in [1.54, 1.807) is 41.5 Å². The van der Waals surface area contributed by atoms with Gasteiger partial charge in [0, 0.05) is 0 Å². The Morgan fingerprint density at radius 1 is 0.692 bits per heavy atom. The number of hydrogen-bond donors (Lipinski definition) is 0. The van der Waals surface area contributed by atoms with E-state index in [9.17, 15) is 15.3 Å². The Morgan fingerprint density at radius 3 is 0.923 bits per heavy atom. The van der Waals surface area contributed by atoms with Crippen LogP contribution in [0.2, 0.25) is 0 Å². The molecule has 4 heteroatoms. The maximum atomic E-state index is 9.53. The molecule has 3 nitrogen and oxygen atoms in total. The van der Waals surface area contributed by atoms with Crippen LogP contribution in [0.25, 0.3) is 0 Å². The molecule has 0 unspecified atom stereocenters. The fourth-order valence-electron chi connectivity index (χ4n) is 0.678. The normalized spacial score (nSPS) is 8.96. The van der Waals surface area contributed by atoms with Gasteiger partial charge in [-0.2, -0.15) is 5.57 Å². The van der Waals surface area contributed by atoms with Crippen molar-refractivity contribution >= 4 is 0 Å². The van der Waals surface area contributed by atoms with Crippen LogP contribution in [0.4, 0.5) is 0 Å². The third kappa shape index (κ3) is 279. The van der Waals surface area contributed by atoms with Crippen molar-refractivity contribution in [1.82, 2.24) is 0 Å². The molecule has 0 aliphatic heterocycles. The molecule has 0 N–H and O–H groups in total. The van der Waals surface area contributed by atoms with Gasteiger partial charge in [0.05, 0.1) is 0 Å². The summed E-state index contributed by atoms with van der Waals surface area (Å²) in [7, 11) is 0. The summed E-state index contributed by atoms with van der Waals surface area (Å²) in [6.45, 7) is 24.9. The maximum Gasteiger partial charge on any atom is 4.00 e. The van der Waals surface area contributed by atoms with Gasteiger partial charge in [-0.25, -0.2) is 11.6 Å². The van der Waals surface area contributed by atoms with Crippen molar-refractivity contribution in [1.29, 1.82) is 0 Å². The zero-order chi connectivity index (χ0) is 21.4. The van der Waals surface area contributed by atoms with Gasteiger partial charge in [-0.15, -0.1) is 18.3 Å². The minimum absolute atomic E-state index is 0. The van der Waals surface area contributed by atoms with Crippen LogP contribution in [-0.2, 0) is 21.7 Å². The van der Waals surface area contributed by atoms with Crippen molar-refractivity contribution < 1.29 is 37.0 Å². The molecular formula is C22H42O3Ti. The Bertz CT molecular complexity index is 292. The maximum absolute atomic E-state index is 9.53. The average molecular weight is 402 g/mol. The van der Waals surface area contributed by atoms with Gasteiger partial charge in [0.15, 0.2) is 0 Å². The van der Waals surface area contributed by atoms with E-state index < -0.39 is 18.3 Å². The van der Waals surface area contributed by atoms with Crippen LogP contribution >= 0.6 is 0 Å². The molecule has 0 atom stereocenters. The molecule has 0 amide bonds. The SMILES string of the molecule is CC(C)[O-].CC(C)[O-].CC(C)[O-].CC=CC=CC.[CH-]=C(C)C=C(C)C.[Ti+4]. The van der Waals surface area contributed by atoms with Crippen LogP contribution in [0, 0.1) is 6.58 Å². The van der Waals surface area contributed by atoms with Crippen LogP contribution in [0.15, 0.2) is 41.5 Å². The molecule has 0 aromatic rings. The van der Waals surface area contributed by atoms with Crippen molar-refractivity contribution in [2.75, 3.05) is 0 Å². The van der Waals surface area contributed by atoms with E-state index in [1.807, 2.05) is 65.0 Å². The molecule has 0 aromatic carbocycles. The fraction of sp³-hybridized carbons (Fsp3) is 0.636. The summed E-state index contributed by atoms with van der Waals surface area (Å²) in [5.74, 6) is 0. The third-order valence-electron chi connectivity index (χ3n) is 1.01. The van der Waals surface area contributed by atoms with E-state index in [2.05, 4.69) is 0 Å². The molecule has 152 valence electrons. The minimum atomic E-state index is -0.417. The Labute approximate surface area is 179 Å². The first-order valence-electron chi connectivity index (χ1n) is 8.69. The smallest absolute Gasteiger partial charge is 0.852 e. The molecule has 0 saturated heterocycles. The standard InChI is InChI=1S/C7H11.C6H10.3C3H7O.Ti/c1-6(2)5-7(3)4;1-3-5-6-4-2;3*1-3(2)4;/h1,5H,2-4H3;3-6H,1-2H3;3*3H,1-2H3;/q-1;;3*-1;+4. The van der Waals surface area contributed by atoms with Crippen molar-refractivity contribution in [3.8, 4) is 0 Å². The largest absolute Gasteiger partial charge is 4.00 e. The van der Waals surface area contributed by atoms with Crippen LogP contribution in [-0.4, -0.2) is 18.3 Å². The quantitative estimate of drug-likeness (QED) is 0.401. The van der Waals surface area contributed by atoms with Crippen molar-refractivity contribution in [2.45, 2.75) is 94.5 Å². The topological polar surface area (TPSA) is 69.2 Å². The first-order valence-corrected chi connectivity index (χ1v) is 8.69. The summed E-state index contributed by atoms with van der Waals surface area (Å²) < 4.78 is 0. The minimum Gasteiger partial charge on any atom is -0.852 e. The average Bonchev–Trinajstić information content (AvgIpc) is 2.33. The molecular weight excluding hydrogens is 360 g/mol. The summed E-state index contributed by atoms with van der Waals surface area (Å²) in [4.78, 5) is 0. The number of allylic oxidation sites excluding steroid dienone is 7. The predicted octanol–water partition coefficient (Wildman–Crippen LogP) is 3.73. The van der Waals surface area contributed by atoms with E-state index in [0.717, 1.165) is 5.57 Å². The van der Waals surface area contributed by atoms with Gasteiger partial charge in [-0.05, 0) is 13.8 Å². The summed E-state index contributed by atoms with van der Waals surface area (Å²) in [5, 5.41) is 28.6. The summed E-state index contributed by atoms with van der Waals surface area (Å²) in [6.07, 6.45) is 8.69. The van der Waals surface area contributed by atoms with Gasteiger partial charge in [-0.1, -0.05) is 86.6 Å². The Balaban J connectivity index is -0.0000000487. The summed E-state index contributed by atoms with van der Waals surface area (Å²) in [6, 6.07) is 0. The van der Waals surface area contributed by atoms with Crippen LogP contribution < -0.4 is 15.3 Å². The summed E-state index contributed by atoms with van der Waals surface area (Å²) in [5.41, 5.74) is 2.13. The summed E-state index contributed by atoms with van der Waals surface area (Å²) >= 11 is 0. The zero-order valence-corrected chi connectivity index (χ0v) is 20.5. The fourth-order valence-corrected chi connectivity index (χ4v) is 0.678. The van der Waals surface area contributed by atoms with Gasteiger partial charge in [0.2, 0.25) is 0 Å². The van der Waals surface area contributed by atoms with Gasteiger partial charge >= 0.3 is 21.7 Å². The molecule has 0 aliphatic rings. The first-order chi connectivity index (χ1) is 11.2. The number of rotatable bonds is 2. The van der Waals surface area contributed by atoms with E-state index in [1.165, 1.54) is 5.57 Å².